The van der Waals surface area contributed by atoms with Gasteiger partial charge in [0.1, 0.15) is 6.04 Å². The minimum atomic E-state index is -1.00. The molecule has 2 unspecified atom stereocenters. The lowest BCUT2D eigenvalue weighted by Gasteiger charge is -2.18. The number of amides is 2. The van der Waals surface area contributed by atoms with Crippen LogP contribution in [-0.4, -0.2) is 42.4 Å². The summed E-state index contributed by atoms with van der Waals surface area (Å²) in [5.74, 6) is -0.789. The van der Waals surface area contributed by atoms with Gasteiger partial charge < -0.3 is 20.5 Å². The highest BCUT2D eigenvalue weighted by Gasteiger charge is 2.23. The Morgan fingerprint density at radius 1 is 1.47 bits per heavy atom. The van der Waals surface area contributed by atoms with Crippen LogP contribution >= 0.6 is 0 Å². The molecule has 1 fully saturated rings. The first-order chi connectivity index (χ1) is 7.99. The van der Waals surface area contributed by atoms with Gasteiger partial charge in [-0.15, -0.1) is 0 Å². The molecule has 0 saturated carbocycles. The molecule has 1 rings (SSSR count). The molecular formula is C11H20N2O4. The van der Waals surface area contributed by atoms with Crippen LogP contribution in [0.4, 0.5) is 4.79 Å². The SMILES string of the molecule is CC(C)CC(NC(=O)NC1CCOC1)C(=O)O. The summed E-state index contributed by atoms with van der Waals surface area (Å²) >= 11 is 0. The second-order valence-corrected chi connectivity index (χ2v) is 4.70. The lowest BCUT2D eigenvalue weighted by Crippen LogP contribution is -2.49. The number of nitrogens with one attached hydrogen (secondary N) is 2. The number of carbonyl (C=O) groups is 2. The summed E-state index contributed by atoms with van der Waals surface area (Å²) in [6, 6.07) is -1.28. The van der Waals surface area contributed by atoms with Crippen LogP contribution in [0.25, 0.3) is 0 Å². The summed E-state index contributed by atoms with van der Waals surface area (Å²) < 4.78 is 5.12. The van der Waals surface area contributed by atoms with Crippen molar-refractivity contribution in [3.05, 3.63) is 0 Å². The van der Waals surface area contributed by atoms with Gasteiger partial charge in [0.2, 0.25) is 0 Å². The van der Waals surface area contributed by atoms with Crippen molar-refractivity contribution in [2.75, 3.05) is 13.2 Å². The Labute approximate surface area is 101 Å². The molecule has 0 aromatic carbocycles. The quantitative estimate of drug-likeness (QED) is 0.660. The van der Waals surface area contributed by atoms with Crippen molar-refractivity contribution >= 4 is 12.0 Å². The van der Waals surface area contributed by atoms with E-state index in [0.717, 1.165) is 6.42 Å². The van der Waals surface area contributed by atoms with Crippen LogP contribution in [0.15, 0.2) is 0 Å². The molecule has 0 bridgehead atoms. The van der Waals surface area contributed by atoms with Gasteiger partial charge in [0.05, 0.1) is 12.6 Å². The van der Waals surface area contributed by atoms with Gasteiger partial charge >= 0.3 is 12.0 Å². The maximum atomic E-state index is 11.6. The molecule has 2 amide bonds. The summed E-state index contributed by atoms with van der Waals surface area (Å²) in [6.07, 6.45) is 1.19. The monoisotopic (exact) mass is 244 g/mol. The maximum Gasteiger partial charge on any atom is 0.326 e. The van der Waals surface area contributed by atoms with Crippen molar-refractivity contribution < 1.29 is 19.4 Å². The molecule has 0 radical (unpaired) electrons. The Morgan fingerprint density at radius 2 is 2.18 bits per heavy atom. The Kier molecular flexibility index (Phi) is 5.21. The standard InChI is InChI=1S/C11H20N2O4/c1-7(2)5-9(10(14)15)13-11(16)12-8-3-4-17-6-8/h7-9H,3-6H2,1-2H3,(H,14,15)(H2,12,13,16). The molecule has 0 spiro atoms. The number of ether oxygens (including phenoxy) is 1. The predicted molar refractivity (Wildman–Crippen MR) is 61.8 cm³/mol. The molecule has 6 nitrogen and oxygen atoms in total. The van der Waals surface area contributed by atoms with Crippen LogP contribution < -0.4 is 10.6 Å². The predicted octanol–water partition coefficient (Wildman–Crippen LogP) is 0.574. The number of carboxylic acid groups (broad SMARTS) is 1. The molecule has 3 N–H and O–H groups in total. The normalized spacial score (nSPS) is 21.2. The highest BCUT2D eigenvalue weighted by atomic mass is 16.5. The fourth-order valence-electron chi connectivity index (χ4n) is 1.73. The van der Waals surface area contributed by atoms with E-state index in [4.69, 9.17) is 9.84 Å². The number of hydrogen-bond donors (Lipinski definition) is 3. The van der Waals surface area contributed by atoms with Crippen LogP contribution in [0, 0.1) is 5.92 Å². The molecule has 1 saturated heterocycles. The summed E-state index contributed by atoms with van der Waals surface area (Å²) in [5, 5.41) is 14.1. The zero-order valence-electron chi connectivity index (χ0n) is 10.2. The number of rotatable bonds is 5. The van der Waals surface area contributed by atoms with Crippen LogP contribution in [0.5, 0.6) is 0 Å². The zero-order valence-corrected chi connectivity index (χ0v) is 10.2. The highest BCUT2D eigenvalue weighted by molar-refractivity contribution is 5.82. The second kappa shape index (κ2) is 6.44. The average molecular weight is 244 g/mol. The molecule has 1 aliphatic rings. The lowest BCUT2D eigenvalue weighted by atomic mass is 10.0. The smallest absolute Gasteiger partial charge is 0.326 e. The first kappa shape index (κ1) is 13.8. The molecule has 1 heterocycles. The van der Waals surface area contributed by atoms with Gasteiger partial charge in [-0.25, -0.2) is 9.59 Å². The Balaban J connectivity index is 2.37. The first-order valence-electron chi connectivity index (χ1n) is 5.86. The summed E-state index contributed by atoms with van der Waals surface area (Å²) in [7, 11) is 0. The minimum Gasteiger partial charge on any atom is -0.480 e. The van der Waals surface area contributed by atoms with E-state index in [1.165, 1.54) is 0 Å². The summed E-state index contributed by atoms with van der Waals surface area (Å²) in [6.45, 7) is 4.97. The lowest BCUT2D eigenvalue weighted by molar-refractivity contribution is -0.139. The third kappa shape index (κ3) is 5.04. The summed E-state index contributed by atoms with van der Waals surface area (Å²) in [5.41, 5.74) is 0. The molecule has 0 aromatic heterocycles. The molecule has 0 aromatic rings. The molecule has 98 valence electrons. The molecule has 17 heavy (non-hydrogen) atoms. The van der Waals surface area contributed by atoms with Crippen LogP contribution in [0.3, 0.4) is 0 Å². The second-order valence-electron chi connectivity index (χ2n) is 4.70. The van der Waals surface area contributed by atoms with E-state index in [9.17, 15) is 9.59 Å². The number of aliphatic carboxylic acids is 1. The Hall–Kier alpha value is -1.30. The van der Waals surface area contributed by atoms with Crippen molar-refractivity contribution in [2.24, 2.45) is 5.92 Å². The van der Waals surface area contributed by atoms with Gasteiger partial charge in [-0.05, 0) is 18.8 Å². The molecule has 2 atom stereocenters. The van der Waals surface area contributed by atoms with Crippen molar-refractivity contribution in [2.45, 2.75) is 38.8 Å². The van der Waals surface area contributed by atoms with Gasteiger partial charge in [-0.1, -0.05) is 13.8 Å². The molecule has 6 heteroatoms. The largest absolute Gasteiger partial charge is 0.480 e. The highest BCUT2D eigenvalue weighted by Crippen LogP contribution is 2.06. The fraction of sp³-hybridized carbons (Fsp3) is 0.818. The molecule has 0 aliphatic carbocycles. The van der Waals surface area contributed by atoms with E-state index >= 15 is 0 Å². The Morgan fingerprint density at radius 3 is 2.65 bits per heavy atom. The Bertz CT molecular complexity index is 275. The van der Waals surface area contributed by atoms with Crippen LogP contribution in [0.1, 0.15) is 26.7 Å². The summed E-state index contributed by atoms with van der Waals surface area (Å²) in [4.78, 5) is 22.5. The minimum absolute atomic E-state index is 0.0107. The number of carboxylic acids is 1. The molecule has 1 aliphatic heterocycles. The third-order valence-corrected chi connectivity index (χ3v) is 2.58. The number of hydrogen-bond acceptors (Lipinski definition) is 3. The van der Waals surface area contributed by atoms with Gasteiger partial charge in [-0.3, -0.25) is 0 Å². The van der Waals surface area contributed by atoms with Gasteiger partial charge in [0, 0.05) is 6.61 Å². The van der Waals surface area contributed by atoms with Crippen molar-refractivity contribution in [3.8, 4) is 0 Å². The first-order valence-corrected chi connectivity index (χ1v) is 5.86. The van der Waals surface area contributed by atoms with E-state index in [0.29, 0.717) is 19.6 Å². The topological polar surface area (TPSA) is 87.7 Å². The van der Waals surface area contributed by atoms with Crippen molar-refractivity contribution in [1.29, 1.82) is 0 Å². The van der Waals surface area contributed by atoms with Crippen LogP contribution in [0.2, 0.25) is 0 Å². The van der Waals surface area contributed by atoms with Crippen LogP contribution in [-0.2, 0) is 9.53 Å². The van der Waals surface area contributed by atoms with Crippen molar-refractivity contribution in [3.63, 3.8) is 0 Å². The van der Waals surface area contributed by atoms with E-state index in [-0.39, 0.29) is 12.0 Å². The van der Waals surface area contributed by atoms with E-state index < -0.39 is 18.0 Å². The van der Waals surface area contributed by atoms with Crippen molar-refractivity contribution in [1.82, 2.24) is 10.6 Å². The third-order valence-electron chi connectivity index (χ3n) is 2.58. The van der Waals surface area contributed by atoms with Gasteiger partial charge in [0.15, 0.2) is 0 Å². The maximum absolute atomic E-state index is 11.6. The number of urea groups is 1. The van der Waals surface area contributed by atoms with E-state index in [1.54, 1.807) is 0 Å². The molecular weight excluding hydrogens is 224 g/mol. The number of carbonyl (C=O) groups excluding carboxylic acids is 1. The van der Waals surface area contributed by atoms with Gasteiger partial charge in [-0.2, -0.15) is 0 Å². The average Bonchev–Trinajstić information content (AvgIpc) is 2.68. The van der Waals surface area contributed by atoms with E-state index in [2.05, 4.69) is 10.6 Å². The zero-order chi connectivity index (χ0) is 12.8. The van der Waals surface area contributed by atoms with E-state index in [1.807, 2.05) is 13.8 Å². The van der Waals surface area contributed by atoms with Gasteiger partial charge in [0.25, 0.3) is 0 Å². The fourth-order valence-corrected chi connectivity index (χ4v) is 1.73.